The van der Waals surface area contributed by atoms with Crippen molar-refractivity contribution in [2.24, 2.45) is 0 Å². The smallest absolute Gasteiger partial charge is 0.00476 e. The lowest BCUT2D eigenvalue weighted by Crippen LogP contribution is -1.84. The Balaban J connectivity index is 2.33. The molecular weight excluding hydrogens is 134 g/mol. The second-order valence-corrected chi connectivity index (χ2v) is 2.58. The van der Waals surface area contributed by atoms with Crippen LogP contribution in [0.3, 0.4) is 0 Å². The quantitative estimate of drug-likeness (QED) is 0.500. The Morgan fingerprint density at radius 3 is 2.55 bits per heavy atom. The molecule has 0 aliphatic heterocycles. The van der Waals surface area contributed by atoms with Crippen molar-refractivity contribution in [3.05, 3.63) is 35.9 Å². The van der Waals surface area contributed by atoms with E-state index in [2.05, 4.69) is 24.3 Å². The molecule has 0 amide bonds. The Hall–Kier alpha value is -1.11. The van der Waals surface area contributed by atoms with Crippen LogP contribution in [0, 0.1) is 5.41 Å². The first-order valence-electron chi connectivity index (χ1n) is 3.96. The summed E-state index contributed by atoms with van der Waals surface area (Å²) >= 11 is 0. The maximum Gasteiger partial charge on any atom is -0.00476 e. The van der Waals surface area contributed by atoms with Crippen LogP contribution in [0.2, 0.25) is 0 Å². The number of hydrogen-bond donors (Lipinski definition) is 1. The first kappa shape index (κ1) is 7.99. The van der Waals surface area contributed by atoms with Gasteiger partial charge in [0, 0.05) is 0 Å². The highest BCUT2D eigenvalue weighted by molar-refractivity contribution is 5.52. The van der Waals surface area contributed by atoms with Crippen LogP contribution < -0.4 is 0 Å². The molecule has 0 saturated carbocycles. The molecule has 0 aliphatic carbocycles. The minimum atomic E-state index is 0.898. The molecular formula is C10H13N. The number of benzene rings is 1. The Morgan fingerprint density at radius 2 is 1.91 bits per heavy atom. The molecule has 0 spiro atoms. The zero-order valence-corrected chi connectivity index (χ0v) is 6.59. The van der Waals surface area contributed by atoms with Gasteiger partial charge in [-0.1, -0.05) is 30.3 Å². The third-order valence-corrected chi connectivity index (χ3v) is 1.66. The van der Waals surface area contributed by atoms with Crippen molar-refractivity contribution >= 4 is 6.21 Å². The molecule has 0 aromatic heterocycles. The second kappa shape index (κ2) is 4.67. The normalized spacial score (nSPS) is 9.45. The molecule has 0 saturated heterocycles. The zero-order valence-electron chi connectivity index (χ0n) is 6.59. The van der Waals surface area contributed by atoms with Crippen LogP contribution in [0.5, 0.6) is 0 Å². The van der Waals surface area contributed by atoms with Crippen molar-refractivity contribution in [2.45, 2.75) is 19.3 Å². The van der Waals surface area contributed by atoms with Gasteiger partial charge < -0.3 is 5.41 Å². The van der Waals surface area contributed by atoms with Crippen molar-refractivity contribution in [3.8, 4) is 0 Å². The lowest BCUT2D eigenvalue weighted by molar-refractivity contribution is 0.872. The molecule has 1 rings (SSSR count). The summed E-state index contributed by atoms with van der Waals surface area (Å²) in [6.07, 6.45) is 4.56. The molecule has 0 fully saturated rings. The number of hydrogen-bond acceptors (Lipinski definition) is 1. The molecule has 1 heteroatoms. The zero-order chi connectivity index (χ0) is 7.94. The van der Waals surface area contributed by atoms with E-state index in [1.807, 2.05) is 6.07 Å². The fraction of sp³-hybridized carbons (Fsp3) is 0.300. The van der Waals surface area contributed by atoms with Gasteiger partial charge >= 0.3 is 0 Å². The van der Waals surface area contributed by atoms with Crippen LogP contribution >= 0.6 is 0 Å². The SMILES string of the molecule is N=CCCCc1ccccc1. The molecule has 0 atom stereocenters. The van der Waals surface area contributed by atoms with Gasteiger partial charge in [0.15, 0.2) is 0 Å². The summed E-state index contributed by atoms with van der Waals surface area (Å²) in [5.41, 5.74) is 1.37. The van der Waals surface area contributed by atoms with Gasteiger partial charge in [-0.25, -0.2) is 0 Å². The lowest BCUT2D eigenvalue weighted by atomic mass is 10.1. The minimum absolute atomic E-state index is 0.898. The van der Waals surface area contributed by atoms with Crippen LogP contribution in [-0.2, 0) is 6.42 Å². The first-order valence-corrected chi connectivity index (χ1v) is 3.96. The predicted molar refractivity (Wildman–Crippen MR) is 48.2 cm³/mol. The average molecular weight is 147 g/mol. The Kier molecular flexibility index (Phi) is 3.39. The van der Waals surface area contributed by atoms with E-state index in [-0.39, 0.29) is 0 Å². The summed E-state index contributed by atoms with van der Waals surface area (Å²) in [4.78, 5) is 0. The van der Waals surface area contributed by atoms with E-state index in [9.17, 15) is 0 Å². The van der Waals surface area contributed by atoms with Crippen LogP contribution in [0.15, 0.2) is 30.3 Å². The number of unbranched alkanes of at least 4 members (excludes halogenated alkanes) is 1. The molecule has 0 heterocycles. The molecule has 1 nitrogen and oxygen atoms in total. The number of aryl methyl sites for hydroxylation is 1. The highest BCUT2D eigenvalue weighted by atomic mass is 14.3. The van der Waals surface area contributed by atoms with Gasteiger partial charge in [0.25, 0.3) is 0 Å². The summed E-state index contributed by atoms with van der Waals surface area (Å²) in [7, 11) is 0. The topological polar surface area (TPSA) is 23.9 Å². The molecule has 1 N–H and O–H groups in total. The van der Waals surface area contributed by atoms with E-state index >= 15 is 0 Å². The van der Waals surface area contributed by atoms with Crippen molar-refractivity contribution in [2.75, 3.05) is 0 Å². The molecule has 1 aromatic carbocycles. The molecule has 1 aromatic rings. The number of nitrogens with one attached hydrogen (secondary N) is 1. The number of rotatable bonds is 4. The maximum atomic E-state index is 6.84. The summed E-state index contributed by atoms with van der Waals surface area (Å²) in [5, 5.41) is 6.84. The van der Waals surface area contributed by atoms with E-state index in [0.717, 1.165) is 19.3 Å². The average Bonchev–Trinajstić information content (AvgIpc) is 2.07. The molecule has 0 unspecified atom stereocenters. The molecule has 0 radical (unpaired) electrons. The summed E-state index contributed by atoms with van der Waals surface area (Å²) < 4.78 is 0. The minimum Gasteiger partial charge on any atom is -0.313 e. The van der Waals surface area contributed by atoms with Crippen LogP contribution in [0.25, 0.3) is 0 Å². The summed E-state index contributed by atoms with van der Waals surface area (Å²) in [6, 6.07) is 10.4. The van der Waals surface area contributed by atoms with Crippen LogP contribution in [-0.4, -0.2) is 6.21 Å². The Bertz CT molecular complexity index is 203. The molecule has 0 bridgehead atoms. The largest absolute Gasteiger partial charge is 0.313 e. The molecule has 0 aliphatic rings. The Morgan fingerprint density at radius 1 is 1.18 bits per heavy atom. The molecule has 58 valence electrons. The van der Waals surface area contributed by atoms with Crippen molar-refractivity contribution in [1.82, 2.24) is 0 Å². The van der Waals surface area contributed by atoms with Crippen LogP contribution in [0.4, 0.5) is 0 Å². The van der Waals surface area contributed by atoms with Crippen LogP contribution in [0.1, 0.15) is 18.4 Å². The fourth-order valence-corrected chi connectivity index (χ4v) is 1.05. The third-order valence-electron chi connectivity index (χ3n) is 1.66. The van der Waals surface area contributed by atoms with Gasteiger partial charge in [0.2, 0.25) is 0 Å². The van der Waals surface area contributed by atoms with E-state index in [1.54, 1.807) is 0 Å². The van der Waals surface area contributed by atoms with E-state index in [0.29, 0.717) is 0 Å². The summed E-state index contributed by atoms with van der Waals surface area (Å²) in [6.45, 7) is 0. The van der Waals surface area contributed by atoms with Gasteiger partial charge in [-0.05, 0) is 31.0 Å². The third kappa shape index (κ3) is 2.99. The van der Waals surface area contributed by atoms with E-state index in [1.165, 1.54) is 11.8 Å². The standard InChI is InChI=1S/C10H13N/c11-9-5-4-8-10-6-2-1-3-7-10/h1-3,6-7,9,11H,4-5,8H2. The van der Waals surface area contributed by atoms with Gasteiger partial charge in [0.1, 0.15) is 0 Å². The highest BCUT2D eigenvalue weighted by Gasteiger charge is 1.88. The summed E-state index contributed by atoms with van der Waals surface area (Å²) in [5.74, 6) is 0. The van der Waals surface area contributed by atoms with Gasteiger partial charge in [-0.2, -0.15) is 0 Å². The van der Waals surface area contributed by atoms with E-state index in [4.69, 9.17) is 5.41 Å². The van der Waals surface area contributed by atoms with Crippen molar-refractivity contribution in [1.29, 1.82) is 5.41 Å². The van der Waals surface area contributed by atoms with Gasteiger partial charge in [0.05, 0.1) is 0 Å². The Labute approximate surface area is 67.6 Å². The van der Waals surface area contributed by atoms with Gasteiger partial charge in [-0.15, -0.1) is 0 Å². The van der Waals surface area contributed by atoms with Crippen molar-refractivity contribution in [3.63, 3.8) is 0 Å². The van der Waals surface area contributed by atoms with E-state index < -0.39 is 0 Å². The van der Waals surface area contributed by atoms with Gasteiger partial charge in [-0.3, -0.25) is 0 Å². The highest BCUT2D eigenvalue weighted by Crippen LogP contribution is 2.02. The monoisotopic (exact) mass is 147 g/mol. The second-order valence-electron chi connectivity index (χ2n) is 2.58. The lowest BCUT2D eigenvalue weighted by Gasteiger charge is -1.96. The van der Waals surface area contributed by atoms with Crippen molar-refractivity contribution < 1.29 is 0 Å². The first-order chi connectivity index (χ1) is 5.43. The predicted octanol–water partition coefficient (Wildman–Crippen LogP) is 2.66. The fourth-order valence-electron chi connectivity index (χ4n) is 1.05. The maximum absolute atomic E-state index is 6.84. The molecule has 11 heavy (non-hydrogen) atoms.